The van der Waals surface area contributed by atoms with E-state index < -0.39 is 17.5 Å². The van der Waals surface area contributed by atoms with E-state index in [1.165, 1.54) is 4.90 Å². The minimum Gasteiger partial charge on any atom is -0.480 e. The summed E-state index contributed by atoms with van der Waals surface area (Å²) in [4.78, 5) is 37.5. The third kappa shape index (κ3) is 5.92. The highest BCUT2D eigenvalue weighted by atomic mass is 16.5. The minimum atomic E-state index is -1.05. The van der Waals surface area contributed by atoms with Crippen LogP contribution in [0.4, 0.5) is 4.79 Å². The summed E-state index contributed by atoms with van der Waals surface area (Å²) in [6.45, 7) is 7.38. The molecule has 0 aromatic heterocycles. The Labute approximate surface area is 194 Å². The second kappa shape index (κ2) is 10.1. The van der Waals surface area contributed by atoms with Gasteiger partial charge in [0.1, 0.15) is 13.2 Å². The lowest BCUT2D eigenvalue weighted by atomic mass is 9.88. The van der Waals surface area contributed by atoms with Crippen LogP contribution in [0.1, 0.15) is 51.2 Å². The number of hydrogen-bond donors (Lipinski definition) is 2. The van der Waals surface area contributed by atoms with Crippen molar-refractivity contribution >= 4 is 18.0 Å². The van der Waals surface area contributed by atoms with Crippen LogP contribution < -0.4 is 5.32 Å². The van der Waals surface area contributed by atoms with Gasteiger partial charge in [0.2, 0.25) is 5.91 Å². The van der Waals surface area contributed by atoms with Gasteiger partial charge in [-0.1, -0.05) is 62.4 Å². The van der Waals surface area contributed by atoms with E-state index in [-0.39, 0.29) is 44.0 Å². The van der Waals surface area contributed by atoms with E-state index in [9.17, 15) is 14.4 Å². The standard InChI is InChI=1S/C26H32N2O5/c1-17(2)28(14-24(30)31)23(29)13-26(3,4)16-27-25(32)33-15-22-20-11-7-5-9-18(20)19-10-6-8-12-21(19)22/h5-12,17,22H,13-16H2,1-4H3,(H,27,32)(H,30,31). The molecular weight excluding hydrogens is 420 g/mol. The number of carboxylic acid groups (broad SMARTS) is 1. The van der Waals surface area contributed by atoms with Crippen molar-refractivity contribution in [1.29, 1.82) is 0 Å². The summed E-state index contributed by atoms with van der Waals surface area (Å²) in [5, 5.41) is 11.8. The summed E-state index contributed by atoms with van der Waals surface area (Å²) < 4.78 is 5.56. The van der Waals surface area contributed by atoms with Crippen molar-refractivity contribution in [3.8, 4) is 11.1 Å². The fourth-order valence-electron chi connectivity index (χ4n) is 4.24. The molecule has 3 rings (SSSR count). The summed E-state index contributed by atoms with van der Waals surface area (Å²) in [7, 11) is 0. The molecule has 1 aliphatic rings. The van der Waals surface area contributed by atoms with Crippen LogP contribution >= 0.6 is 0 Å². The maximum atomic E-state index is 12.6. The molecular formula is C26H32N2O5. The Balaban J connectivity index is 1.55. The number of ether oxygens (including phenoxy) is 1. The number of carbonyl (C=O) groups is 3. The molecule has 0 heterocycles. The first kappa shape index (κ1) is 24.3. The van der Waals surface area contributed by atoms with Gasteiger partial charge in [0, 0.05) is 24.9 Å². The molecule has 0 saturated carbocycles. The average Bonchev–Trinajstić information content (AvgIpc) is 3.08. The lowest BCUT2D eigenvalue weighted by Crippen LogP contribution is -2.44. The first-order valence-corrected chi connectivity index (χ1v) is 11.2. The molecule has 176 valence electrons. The van der Waals surface area contributed by atoms with Crippen LogP contribution in [-0.2, 0) is 14.3 Å². The predicted molar refractivity (Wildman–Crippen MR) is 126 cm³/mol. The molecule has 0 radical (unpaired) electrons. The Bertz CT molecular complexity index is 985. The molecule has 7 heteroatoms. The first-order chi connectivity index (χ1) is 15.6. The minimum absolute atomic E-state index is 0.0200. The number of amides is 2. The van der Waals surface area contributed by atoms with Gasteiger partial charge in [-0.15, -0.1) is 0 Å². The highest BCUT2D eigenvalue weighted by Crippen LogP contribution is 2.44. The third-order valence-corrected chi connectivity index (χ3v) is 5.93. The third-order valence-electron chi connectivity index (χ3n) is 5.93. The van der Waals surface area contributed by atoms with Crippen molar-refractivity contribution < 1.29 is 24.2 Å². The molecule has 7 nitrogen and oxygen atoms in total. The number of fused-ring (bicyclic) bond motifs is 3. The van der Waals surface area contributed by atoms with E-state index in [0.29, 0.717) is 0 Å². The number of benzene rings is 2. The quantitative estimate of drug-likeness (QED) is 0.593. The zero-order chi connectivity index (χ0) is 24.2. The molecule has 0 unspecified atom stereocenters. The second-order valence-electron chi connectivity index (χ2n) is 9.53. The van der Waals surface area contributed by atoms with Crippen molar-refractivity contribution in [1.82, 2.24) is 10.2 Å². The molecule has 2 N–H and O–H groups in total. The summed E-state index contributed by atoms with van der Waals surface area (Å²) in [6.07, 6.45) is -0.425. The SMILES string of the molecule is CC(C)N(CC(=O)O)C(=O)CC(C)(C)CNC(=O)OCC1c2ccccc2-c2ccccc21. The number of aliphatic carboxylic acids is 1. The molecule has 2 aromatic rings. The van der Waals surface area contributed by atoms with Crippen molar-refractivity contribution in [2.45, 2.75) is 46.1 Å². The molecule has 0 fully saturated rings. The normalized spacial score (nSPS) is 12.8. The number of nitrogens with one attached hydrogen (secondary N) is 1. The van der Waals surface area contributed by atoms with Gasteiger partial charge >= 0.3 is 12.1 Å². The van der Waals surface area contributed by atoms with E-state index in [0.717, 1.165) is 22.3 Å². The van der Waals surface area contributed by atoms with Crippen LogP contribution in [0, 0.1) is 5.41 Å². The zero-order valence-electron chi connectivity index (χ0n) is 19.6. The van der Waals surface area contributed by atoms with E-state index in [1.807, 2.05) is 38.1 Å². The molecule has 0 atom stereocenters. The monoisotopic (exact) mass is 452 g/mol. The van der Waals surface area contributed by atoms with E-state index in [4.69, 9.17) is 9.84 Å². The topological polar surface area (TPSA) is 95.9 Å². The van der Waals surface area contributed by atoms with Crippen LogP contribution in [0.2, 0.25) is 0 Å². The van der Waals surface area contributed by atoms with Gasteiger partial charge in [-0.3, -0.25) is 9.59 Å². The van der Waals surface area contributed by atoms with Gasteiger partial charge in [0.15, 0.2) is 0 Å². The number of hydrogen-bond acceptors (Lipinski definition) is 4. The summed E-state index contributed by atoms with van der Waals surface area (Å²) in [6, 6.07) is 16.1. The molecule has 1 aliphatic carbocycles. The molecule has 2 amide bonds. The van der Waals surface area contributed by atoms with Crippen LogP contribution in [0.3, 0.4) is 0 Å². The summed E-state index contributed by atoms with van der Waals surface area (Å²) in [5.41, 5.74) is 4.05. The Morgan fingerprint density at radius 2 is 1.58 bits per heavy atom. The number of nitrogens with zero attached hydrogens (tertiary/aromatic N) is 1. The Hall–Kier alpha value is -3.35. The lowest BCUT2D eigenvalue weighted by molar-refractivity contribution is -0.146. The number of carboxylic acids is 1. The second-order valence-corrected chi connectivity index (χ2v) is 9.53. The number of carbonyl (C=O) groups excluding carboxylic acids is 2. The Morgan fingerprint density at radius 1 is 1.03 bits per heavy atom. The number of rotatable bonds is 9. The molecule has 0 aliphatic heterocycles. The zero-order valence-corrected chi connectivity index (χ0v) is 19.6. The predicted octanol–water partition coefficient (Wildman–Crippen LogP) is 4.26. The summed E-state index contributed by atoms with van der Waals surface area (Å²) >= 11 is 0. The van der Waals surface area contributed by atoms with Crippen LogP contribution in [-0.4, -0.2) is 53.7 Å². The van der Waals surface area contributed by atoms with Gasteiger partial charge in [-0.25, -0.2) is 4.79 Å². The maximum Gasteiger partial charge on any atom is 0.407 e. The van der Waals surface area contributed by atoms with Gasteiger partial charge < -0.3 is 20.1 Å². The highest BCUT2D eigenvalue weighted by Gasteiger charge is 2.30. The maximum absolute atomic E-state index is 12.6. The largest absolute Gasteiger partial charge is 0.480 e. The molecule has 0 saturated heterocycles. The van der Waals surface area contributed by atoms with Crippen LogP contribution in [0.5, 0.6) is 0 Å². The van der Waals surface area contributed by atoms with Gasteiger partial charge in [0.25, 0.3) is 0 Å². The number of alkyl carbamates (subject to hydrolysis) is 1. The molecule has 2 aromatic carbocycles. The van der Waals surface area contributed by atoms with Crippen molar-refractivity contribution in [2.75, 3.05) is 19.7 Å². The van der Waals surface area contributed by atoms with Gasteiger partial charge in [-0.05, 0) is 41.5 Å². The van der Waals surface area contributed by atoms with E-state index in [1.54, 1.807) is 13.8 Å². The smallest absolute Gasteiger partial charge is 0.407 e. The Morgan fingerprint density at radius 3 is 2.09 bits per heavy atom. The summed E-state index contributed by atoms with van der Waals surface area (Å²) in [5.74, 6) is -1.33. The van der Waals surface area contributed by atoms with E-state index >= 15 is 0 Å². The van der Waals surface area contributed by atoms with Crippen molar-refractivity contribution in [2.24, 2.45) is 5.41 Å². The average molecular weight is 453 g/mol. The highest BCUT2D eigenvalue weighted by molar-refractivity contribution is 5.82. The molecule has 0 bridgehead atoms. The lowest BCUT2D eigenvalue weighted by Gasteiger charge is -2.30. The van der Waals surface area contributed by atoms with Gasteiger partial charge in [0.05, 0.1) is 0 Å². The van der Waals surface area contributed by atoms with E-state index in [2.05, 4.69) is 29.6 Å². The van der Waals surface area contributed by atoms with Crippen LogP contribution in [0.25, 0.3) is 11.1 Å². The first-order valence-electron chi connectivity index (χ1n) is 11.2. The Kier molecular flexibility index (Phi) is 7.41. The van der Waals surface area contributed by atoms with Crippen molar-refractivity contribution in [3.05, 3.63) is 59.7 Å². The van der Waals surface area contributed by atoms with Crippen molar-refractivity contribution in [3.63, 3.8) is 0 Å². The fraction of sp³-hybridized carbons (Fsp3) is 0.423. The molecule has 33 heavy (non-hydrogen) atoms. The van der Waals surface area contributed by atoms with Gasteiger partial charge in [-0.2, -0.15) is 0 Å². The fourth-order valence-corrected chi connectivity index (χ4v) is 4.24. The molecule has 0 spiro atoms. The van der Waals surface area contributed by atoms with Crippen LogP contribution in [0.15, 0.2) is 48.5 Å².